The first-order chi connectivity index (χ1) is 20.3. The Kier molecular flexibility index (Phi) is 28.3. The third kappa shape index (κ3) is 28.5. The molecule has 7 nitrogen and oxygen atoms in total. The largest absolute Gasteiger partial charge is 0.489 e. The molecule has 0 aromatic heterocycles. The van der Waals surface area contributed by atoms with Gasteiger partial charge in [-0.25, -0.2) is 0 Å². The molecule has 0 aromatic carbocycles. The van der Waals surface area contributed by atoms with Gasteiger partial charge in [-0.15, -0.1) is 0 Å². The minimum atomic E-state index is -0.566. The molecule has 0 aliphatic carbocycles. The number of hydrogen-bond acceptors (Lipinski definition) is 6. The third-order valence-corrected chi connectivity index (χ3v) is 7.21. The Morgan fingerprint density at radius 1 is 0.690 bits per heavy atom. The van der Waals surface area contributed by atoms with Gasteiger partial charge in [-0.3, -0.25) is 9.59 Å². The first kappa shape index (κ1) is 40.4. The highest BCUT2D eigenvalue weighted by atomic mass is 16.6. The third-order valence-electron chi connectivity index (χ3n) is 7.21. The van der Waals surface area contributed by atoms with E-state index in [1.165, 1.54) is 64.2 Å². The summed E-state index contributed by atoms with van der Waals surface area (Å²) >= 11 is 0. The van der Waals surface area contributed by atoms with Crippen molar-refractivity contribution in [3.05, 3.63) is 24.3 Å². The number of carbonyl (C=O) groups excluding carboxylic acids is 2. The van der Waals surface area contributed by atoms with Crippen LogP contribution in [-0.2, 0) is 23.7 Å². The van der Waals surface area contributed by atoms with Gasteiger partial charge in [0, 0.05) is 12.8 Å². The molecular formula is C34H64BNO6+. The molecule has 0 aliphatic heterocycles. The van der Waals surface area contributed by atoms with Crippen LogP contribution in [0, 0.1) is 0 Å². The number of esters is 2. The Hall–Kier alpha value is -1.64. The van der Waals surface area contributed by atoms with E-state index >= 15 is 0 Å². The summed E-state index contributed by atoms with van der Waals surface area (Å²) in [6, 6.07) is 0. The molecule has 0 bridgehead atoms. The molecule has 1 N–H and O–H groups in total. The smallest absolute Gasteiger partial charge is 0.461 e. The predicted octanol–water partition coefficient (Wildman–Crippen LogP) is 7.97. The van der Waals surface area contributed by atoms with E-state index < -0.39 is 6.10 Å². The van der Waals surface area contributed by atoms with Gasteiger partial charge in [-0.2, -0.15) is 0 Å². The van der Waals surface area contributed by atoms with Gasteiger partial charge in [0.15, 0.2) is 12.8 Å². The zero-order chi connectivity index (χ0) is 31.2. The van der Waals surface area contributed by atoms with Crippen LogP contribution in [0.2, 0.25) is 0 Å². The predicted molar refractivity (Wildman–Crippen MR) is 174 cm³/mol. The molecule has 42 heavy (non-hydrogen) atoms. The number of rotatable bonds is 30. The Bertz CT molecular complexity index is 698. The molecule has 0 amide bonds. The van der Waals surface area contributed by atoms with Crippen molar-refractivity contribution in [1.82, 2.24) is 0 Å². The van der Waals surface area contributed by atoms with Crippen molar-refractivity contribution >= 4 is 19.6 Å². The quantitative estimate of drug-likeness (QED) is 0.0227. The van der Waals surface area contributed by atoms with E-state index in [1.54, 1.807) is 0 Å². The van der Waals surface area contributed by atoms with Crippen LogP contribution in [-0.4, -0.2) is 69.2 Å². The van der Waals surface area contributed by atoms with E-state index in [0.717, 1.165) is 51.4 Å². The van der Waals surface area contributed by atoms with Crippen LogP contribution < -0.4 is 0 Å². The van der Waals surface area contributed by atoms with Crippen LogP contribution in [0.25, 0.3) is 0 Å². The van der Waals surface area contributed by atoms with Gasteiger partial charge < -0.3 is 23.6 Å². The summed E-state index contributed by atoms with van der Waals surface area (Å²) in [7, 11) is 4.48. The number of ether oxygens (including phenoxy) is 2. The molecule has 0 saturated carbocycles. The lowest BCUT2D eigenvalue weighted by molar-refractivity contribution is -0.909. The van der Waals surface area contributed by atoms with Crippen LogP contribution >= 0.6 is 0 Å². The summed E-state index contributed by atoms with van der Waals surface area (Å²) in [6.45, 7) is 5.08. The Morgan fingerprint density at radius 3 is 1.64 bits per heavy atom. The standard InChI is InChI=1S/C34H64BNO6/c1-5-7-9-11-13-15-17-19-21-23-25-27-33(37)40-30-32(29-36(3,4)31-41-35-39)42-34(38)28-26-24-22-20-18-16-14-12-10-8-6-2/h11-14,32,39H,5-10,15-31H2,1-4H3/q+1/b13-11-,14-12-. The Labute approximate surface area is 259 Å². The Morgan fingerprint density at radius 2 is 1.14 bits per heavy atom. The average molecular weight is 594 g/mol. The second-order valence-electron chi connectivity index (χ2n) is 12.2. The highest BCUT2D eigenvalue weighted by Gasteiger charge is 2.27. The number of likely N-dealkylation sites (N-methyl/N-ethyl adjacent to an activating group) is 1. The summed E-state index contributed by atoms with van der Waals surface area (Å²) < 4.78 is 16.6. The van der Waals surface area contributed by atoms with E-state index in [0.29, 0.717) is 31.6 Å². The fourth-order valence-electron chi connectivity index (χ4n) is 4.71. The second kappa shape index (κ2) is 29.4. The van der Waals surface area contributed by atoms with Crippen molar-refractivity contribution in [2.45, 2.75) is 148 Å². The number of carbonyl (C=O) groups is 2. The van der Waals surface area contributed by atoms with E-state index in [1.807, 2.05) is 14.1 Å². The van der Waals surface area contributed by atoms with Crippen LogP contribution in [0.15, 0.2) is 24.3 Å². The molecule has 0 aliphatic rings. The minimum absolute atomic E-state index is 0.0330. The maximum atomic E-state index is 12.6. The molecule has 1 unspecified atom stereocenters. The molecule has 8 heteroatoms. The SMILES string of the molecule is CCCC/C=C\CCCCCCCC(=O)OCC(C[N+](C)(C)CO[B]O)OC(=O)CCCCCCC/C=C\CCCC. The van der Waals surface area contributed by atoms with E-state index in [9.17, 15) is 9.59 Å². The van der Waals surface area contributed by atoms with Gasteiger partial charge in [0.1, 0.15) is 13.2 Å². The van der Waals surface area contributed by atoms with Crippen LogP contribution in [0.4, 0.5) is 0 Å². The lowest BCUT2D eigenvalue weighted by Gasteiger charge is -2.32. The van der Waals surface area contributed by atoms with Gasteiger partial charge in [0.05, 0.1) is 14.1 Å². The molecule has 0 heterocycles. The second-order valence-corrected chi connectivity index (χ2v) is 12.2. The average Bonchev–Trinajstić information content (AvgIpc) is 2.96. The van der Waals surface area contributed by atoms with Gasteiger partial charge in [0.2, 0.25) is 0 Å². The molecule has 0 aromatic rings. The van der Waals surface area contributed by atoms with Gasteiger partial charge >= 0.3 is 19.6 Å². The maximum Gasteiger partial charge on any atom is 0.489 e. The number of nitrogens with zero attached hydrogens (tertiary/aromatic N) is 1. The zero-order valence-corrected chi connectivity index (χ0v) is 27.7. The van der Waals surface area contributed by atoms with Crippen molar-refractivity contribution in [3.63, 3.8) is 0 Å². The number of quaternary nitrogens is 1. The molecule has 1 atom stereocenters. The first-order valence-corrected chi connectivity index (χ1v) is 16.9. The van der Waals surface area contributed by atoms with Crippen molar-refractivity contribution in [2.24, 2.45) is 0 Å². The normalized spacial score (nSPS) is 12.7. The fraction of sp³-hybridized carbons (Fsp3) is 0.824. The topological polar surface area (TPSA) is 82.1 Å². The minimum Gasteiger partial charge on any atom is -0.461 e. The van der Waals surface area contributed by atoms with E-state index in [4.69, 9.17) is 19.2 Å². The number of allylic oxidation sites excluding steroid dienone is 4. The summed E-state index contributed by atoms with van der Waals surface area (Å²) in [5, 5.41) is 8.90. The fourth-order valence-corrected chi connectivity index (χ4v) is 4.71. The van der Waals surface area contributed by atoms with E-state index in [-0.39, 0.29) is 25.3 Å². The molecule has 0 spiro atoms. The molecule has 0 saturated heterocycles. The van der Waals surface area contributed by atoms with Crippen molar-refractivity contribution in [1.29, 1.82) is 0 Å². The molecule has 243 valence electrons. The highest BCUT2D eigenvalue weighted by Crippen LogP contribution is 2.13. The summed E-state index contributed by atoms with van der Waals surface area (Å²) in [4.78, 5) is 25.0. The maximum absolute atomic E-state index is 12.6. The lowest BCUT2D eigenvalue weighted by Crippen LogP contribution is -2.49. The Balaban J connectivity index is 4.29. The highest BCUT2D eigenvalue weighted by molar-refractivity contribution is 6.15. The number of hydrogen-bond donors (Lipinski definition) is 1. The molecule has 0 fully saturated rings. The van der Waals surface area contributed by atoms with Crippen LogP contribution in [0.5, 0.6) is 0 Å². The van der Waals surface area contributed by atoms with Gasteiger partial charge in [-0.05, 0) is 51.4 Å². The summed E-state index contributed by atoms with van der Waals surface area (Å²) in [6.07, 6.45) is 29.6. The van der Waals surface area contributed by atoms with Crippen molar-refractivity contribution in [2.75, 3.05) is 34.0 Å². The van der Waals surface area contributed by atoms with E-state index in [2.05, 4.69) is 38.2 Å². The van der Waals surface area contributed by atoms with Crippen LogP contribution in [0.3, 0.4) is 0 Å². The molecule has 1 radical (unpaired) electrons. The molecular weight excluding hydrogens is 529 g/mol. The zero-order valence-electron chi connectivity index (χ0n) is 27.7. The van der Waals surface area contributed by atoms with Gasteiger partial charge in [0.25, 0.3) is 0 Å². The van der Waals surface area contributed by atoms with Crippen molar-refractivity contribution in [3.8, 4) is 0 Å². The monoisotopic (exact) mass is 593 g/mol. The lowest BCUT2D eigenvalue weighted by atomic mass is 10.1. The van der Waals surface area contributed by atoms with Crippen molar-refractivity contribution < 1.29 is 33.2 Å². The number of unbranched alkanes of at least 4 members (excludes halogenated alkanes) is 14. The first-order valence-electron chi connectivity index (χ1n) is 16.9. The molecule has 0 rings (SSSR count). The van der Waals surface area contributed by atoms with Crippen LogP contribution in [0.1, 0.15) is 142 Å². The van der Waals surface area contributed by atoms with Gasteiger partial charge in [-0.1, -0.05) is 102 Å². The summed E-state index contributed by atoms with van der Waals surface area (Å²) in [5.74, 6) is -0.509. The summed E-state index contributed by atoms with van der Waals surface area (Å²) in [5.41, 5.74) is 0.